The van der Waals surface area contributed by atoms with Crippen molar-refractivity contribution in [3.63, 3.8) is 0 Å². The fourth-order valence-corrected chi connectivity index (χ4v) is 11.2. The summed E-state index contributed by atoms with van der Waals surface area (Å²) in [7, 11) is 1.59. The predicted molar refractivity (Wildman–Crippen MR) is 170 cm³/mol. The summed E-state index contributed by atoms with van der Waals surface area (Å²) >= 11 is 8.80. The van der Waals surface area contributed by atoms with Crippen LogP contribution in [0.1, 0.15) is 48.6 Å². The van der Waals surface area contributed by atoms with Gasteiger partial charge in [0.25, 0.3) is 0 Å². The van der Waals surface area contributed by atoms with Crippen LogP contribution in [0.2, 0.25) is 5.02 Å². The molecule has 2 saturated carbocycles. The first-order valence-corrected chi connectivity index (χ1v) is 17.2. The number of imide groups is 1. The van der Waals surface area contributed by atoms with Crippen molar-refractivity contribution in [1.82, 2.24) is 9.88 Å². The number of rotatable bonds is 9. The van der Waals surface area contributed by atoms with Gasteiger partial charge in [-0.25, -0.2) is 4.79 Å². The summed E-state index contributed by atoms with van der Waals surface area (Å²) in [5.74, 6) is -2.23. The molecule has 8 atom stereocenters. The minimum absolute atomic E-state index is 0.00379. The largest absolute Gasteiger partial charge is 0.493 e. The number of likely N-dealkylation sites (tertiary alicyclic amines) is 1. The lowest BCUT2D eigenvalue weighted by Gasteiger charge is -2.43. The summed E-state index contributed by atoms with van der Waals surface area (Å²) in [6.45, 7) is 4.11. The lowest BCUT2D eigenvalue weighted by atomic mass is 9.68. The predicted octanol–water partition coefficient (Wildman–Crippen LogP) is 5.65. The van der Waals surface area contributed by atoms with Crippen LogP contribution in [0.15, 0.2) is 52.3 Å². The number of benzene rings is 2. The Hall–Kier alpha value is -3.28. The highest BCUT2D eigenvalue weighted by molar-refractivity contribution is 8.00. The molecular weight excluding hydrogens is 636 g/mol. The van der Waals surface area contributed by atoms with Gasteiger partial charge < -0.3 is 19.6 Å². The Bertz CT molecular complexity index is 1740. The van der Waals surface area contributed by atoms with E-state index in [2.05, 4.69) is 4.98 Å². The number of aromatic amines is 1. The molecule has 12 heteroatoms. The minimum Gasteiger partial charge on any atom is -0.493 e. The molecule has 1 aromatic heterocycles. The van der Waals surface area contributed by atoms with Crippen LogP contribution in [0.25, 0.3) is 0 Å². The molecule has 3 heterocycles. The number of carbonyl (C=O) groups excluding carboxylic acids is 2. The van der Waals surface area contributed by atoms with Crippen LogP contribution in [0, 0.1) is 35.5 Å². The quantitative estimate of drug-likeness (QED) is 0.280. The Morgan fingerprint density at radius 1 is 1.07 bits per heavy atom. The number of halogens is 1. The topological polar surface area (TPSA) is 126 Å². The van der Waals surface area contributed by atoms with Gasteiger partial charge in [-0.2, -0.15) is 0 Å². The van der Waals surface area contributed by atoms with Gasteiger partial charge in [0, 0.05) is 21.1 Å². The molecule has 9 nitrogen and oxygen atoms in total. The lowest BCUT2D eigenvalue weighted by molar-refractivity contribution is -0.156. The van der Waals surface area contributed by atoms with Crippen molar-refractivity contribution in [2.45, 2.75) is 55.5 Å². The SMILES string of the molecule is COc1cc([C@H]2c3sc(=O)[nH]c3SC3C4CC(C5C(=O)N(C(CC(C)C)C(=O)O)C(=O)C45)C32)ccc1OCc1ccc(Cl)cc1. The molecule has 2 aromatic carbocycles. The molecule has 0 spiro atoms. The third-order valence-corrected chi connectivity index (χ3v) is 12.7. The second kappa shape index (κ2) is 11.5. The molecule has 2 N–H and O–H groups in total. The number of aliphatic carboxylic acids is 1. The maximum atomic E-state index is 14.0. The number of hydrogen-bond donors (Lipinski definition) is 2. The molecule has 7 rings (SSSR count). The van der Waals surface area contributed by atoms with Crippen molar-refractivity contribution in [2.75, 3.05) is 7.11 Å². The third-order valence-electron chi connectivity index (χ3n) is 9.90. The first kappa shape index (κ1) is 30.4. The molecule has 45 heavy (non-hydrogen) atoms. The van der Waals surface area contributed by atoms with Crippen LogP contribution in [-0.4, -0.2) is 51.2 Å². The highest BCUT2D eigenvalue weighted by Gasteiger charge is 2.70. The standard InChI is InChI=1S/C33H33ClN2O7S2/c1-14(2)10-20(32(39)40)36-30(37)25-18-12-19(26(25)31(36)38)27-24(18)23(28-29(44-27)35-33(41)45-28)16-6-9-21(22(11-16)42-3)43-13-15-4-7-17(34)8-5-15/h4-9,11,14,18-20,23-27H,10,12-13H2,1-3H3,(H,35,41)(H,39,40)/t18?,19?,20?,23-,24?,25?,26?,27?/m1/s1. The number of H-pyrrole nitrogens is 1. The van der Waals surface area contributed by atoms with Crippen LogP contribution in [-0.2, 0) is 21.0 Å². The number of hydrogen-bond acceptors (Lipinski definition) is 8. The molecule has 3 fully saturated rings. The van der Waals surface area contributed by atoms with Gasteiger partial charge in [-0.1, -0.05) is 55.0 Å². The molecule has 4 aliphatic rings. The Morgan fingerprint density at radius 3 is 2.44 bits per heavy atom. The number of amides is 2. The number of nitrogens with zero attached hydrogens (tertiary/aromatic N) is 1. The van der Waals surface area contributed by atoms with E-state index in [1.807, 2.05) is 56.3 Å². The van der Waals surface area contributed by atoms with Crippen molar-refractivity contribution < 1.29 is 29.0 Å². The van der Waals surface area contributed by atoms with Gasteiger partial charge in [-0.15, -0.1) is 11.8 Å². The molecule has 2 amide bonds. The molecule has 3 aromatic rings. The second-order valence-electron chi connectivity index (χ2n) is 12.8. The van der Waals surface area contributed by atoms with E-state index in [1.165, 1.54) is 11.3 Å². The average Bonchev–Trinajstić information content (AvgIpc) is 3.74. The number of carbonyl (C=O) groups is 3. The molecule has 236 valence electrons. The van der Waals surface area contributed by atoms with Crippen molar-refractivity contribution in [2.24, 2.45) is 35.5 Å². The summed E-state index contributed by atoms with van der Waals surface area (Å²) in [6, 6.07) is 12.1. The van der Waals surface area contributed by atoms with E-state index in [-0.39, 0.29) is 57.9 Å². The number of fused-ring (bicyclic) bond motifs is 9. The zero-order valence-corrected chi connectivity index (χ0v) is 27.3. The minimum atomic E-state index is -1.16. The Balaban J connectivity index is 1.23. The first-order chi connectivity index (χ1) is 21.6. The summed E-state index contributed by atoms with van der Waals surface area (Å²) < 4.78 is 11.9. The number of nitrogens with one attached hydrogen (secondary N) is 1. The van der Waals surface area contributed by atoms with E-state index in [0.29, 0.717) is 23.1 Å². The lowest BCUT2D eigenvalue weighted by Crippen LogP contribution is -2.47. The number of carboxylic acid groups (broad SMARTS) is 1. The number of ether oxygens (including phenoxy) is 2. The van der Waals surface area contributed by atoms with Gasteiger partial charge in [0.05, 0.1) is 24.0 Å². The Labute approximate surface area is 273 Å². The van der Waals surface area contributed by atoms with Crippen molar-refractivity contribution in [3.05, 3.63) is 73.2 Å². The van der Waals surface area contributed by atoms with Crippen LogP contribution in [0.3, 0.4) is 0 Å². The maximum absolute atomic E-state index is 14.0. The normalized spacial score (nSPS) is 28.6. The fraction of sp³-hybridized carbons (Fsp3) is 0.455. The molecule has 2 aliphatic heterocycles. The molecular formula is C33H33ClN2O7S2. The van der Waals surface area contributed by atoms with E-state index in [0.717, 1.165) is 32.4 Å². The van der Waals surface area contributed by atoms with Crippen LogP contribution < -0.4 is 14.3 Å². The van der Waals surface area contributed by atoms with Gasteiger partial charge in [-0.3, -0.25) is 19.3 Å². The molecule has 0 radical (unpaired) electrons. The summed E-state index contributed by atoms with van der Waals surface area (Å²) in [4.78, 5) is 57.6. The van der Waals surface area contributed by atoms with Gasteiger partial charge >= 0.3 is 10.8 Å². The number of thioether (sulfide) groups is 1. The van der Waals surface area contributed by atoms with Crippen LogP contribution in [0.5, 0.6) is 11.5 Å². The van der Waals surface area contributed by atoms with Gasteiger partial charge in [0.15, 0.2) is 11.5 Å². The van der Waals surface area contributed by atoms with Gasteiger partial charge in [0.2, 0.25) is 11.8 Å². The van der Waals surface area contributed by atoms with E-state index in [1.54, 1.807) is 18.9 Å². The van der Waals surface area contributed by atoms with E-state index < -0.39 is 23.8 Å². The monoisotopic (exact) mass is 668 g/mol. The summed E-state index contributed by atoms with van der Waals surface area (Å²) in [5.41, 5.74) is 1.90. The smallest absolute Gasteiger partial charge is 0.326 e. The maximum Gasteiger partial charge on any atom is 0.326 e. The number of aromatic nitrogens is 1. The highest BCUT2D eigenvalue weighted by atomic mass is 35.5. The number of carboxylic acids is 1. The Kier molecular flexibility index (Phi) is 7.77. The van der Waals surface area contributed by atoms with E-state index in [4.69, 9.17) is 21.1 Å². The fourth-order valence-electron chi connectivity index (χ4n) is 8.22. The second-order valence-corrected chi connectivity index (χ2v) is 15.5. The van der Waals surface area contributed by atoms with Crippen LogP contribution >= 0.6 is 34.7 Å². The third kappa shape index (κ3) is 4.98. The molecule has 2 bridgehead atoms. The average molecular weight is 669 g/mol. The Morgan fingerprint density at radius 2 is 1.78 bits per heavy atom. The summed E-state index contributed by atoms with van der Waals surface area (Å²) in [5, 5.41) is 11.5. The zero-order chi connectivity index (χ0) is 31.7. The molecule has 2 aliphatic carbocycles. The van der Waals surface area contributed by atoms with Gasteiger partial charge in [0.1, 0.15) is 12.6 Å². The van der Waals surface area contributed by atoms with Crippen molar-refractivity contribution >= 4 is 52.5 Å². The number of methoxy groups -OCH3 is 1. The van der Waals surface area contributed by atoms with Gasteiger partial charge in [-0.05, 0) is 71.9 Å². The van der Waals surface area contributed by atoms with E-state index in [9.17, 15) is 24.3 Å². The number of thiazole rings is 1. The molecule has 1 saturated heterocycles. The van der Waals surface area contributed by atoms with Crippen LogP contribution in [0.4, 0.5) is 0 Å². The van der Waals surface area contributed by atoms with Crippen molar-refractivity contribution in [3.8, 4) is 11.5 Å². The molecule has 7 unspecified atom stereocenters. The highest BCUT2D eigenvalue weighted by Crippen LogP contribution is 2.68. The van der Waals surface area contributed by atoms with Crippen molar-refractivity contribution in [1.29, 1.82) is 0 Å². The zero-order valence-electron chi connectivity index (χ0n) is 24.9. The summed E-state index contributed by atoms with van der Waals surface area (Å²) in [6.07, 6.45) is 0.941. The first-order valence-electron chi connectivity index (χ1n) is 15.1. The van der Waals surface area contributed by atoms with E-state index >= 15 is 0 Å².